The van der Waals surface area contributed by atoms with Gasteiger partial charge in [-0.15, -0.1) is 9.24 Å². The lowest BCUT2D eigenvalue weighted by Gasteiger charge is -2.12. The molecule has 5 nitrogen and oxygen atoms in total. The summed E-state index contributed by atoms with van der Waals surface area (Å²) in [5.74, 6) is 0. The van der Waals surface area contributed by atoms with Crippen LogP contribution in [-0.4, -0.2) is 20.7 Å². The first kappa shape index (κ1) is 16.9. The van der Waals surface area contributed by atoms with E-state index in [1.165, 1.54) is 0 Å². The van der Waals surface area contributed by atoms with E-state index in [0.717, 1.165) is 16.6 Å². The maximum absolute atomic E-state index is 8.30. The van der Waals surface area contributed by atoms with Crippen molar-refractivity contribution in [2.24, 2.45) is 0 Å². The predicted molar refractivity (Wildman–Crippen MR) is 104 cm³/mol. The summed E-state index contributed by atoms with van der Waals surface area (Å²) in [6.45, 7) is 0.623. The summed E-state index contributed by atoms with van der Waals surface area (Å²) >= 11 is 0. The highest BCUT2D eigenvalue weighted by molar-refractivity contribution is 7.27. The van der Waals surface area contributed by atoms with Gasteiger partial charge in [-0.05, 0) is 29.1 Å². The van der Waals surface area contributed by atoms with E-state index in [4.69, 9.17) is 5.41 Å². The molecule has 0 saturated carbocycles. The molecule has 0 aliphatic rings. The standard InChI is InChI=1S/C19H18N5P/c20-15(16-6-3-4-8-22-16)11-17(18-13-21-9-10-23-18)24-12-14-5-1-2-7-19(14)25/h1-11,13,20,24H,12,25H2/b17-11-,20-15?. The molecule has 3 rings (SSSR count). The Bertz CT molecular complexity index is 879. The molecule has 0 saturated heterocycles. The average Bonchev–Trinajstić information content (AvgIpc) is 2.67. The van der Waals surface area contributed by atoms with E-state index in [-0.39, 0.29) is 0 Å². The van der Waals surface area contributed by atoms with Crippen LogP contribution in [0.2, 0.25) is 0 Å². The molecule has 2 aromatic heterocycles. The Balaban J connectivity index is 1.87. The first-order valence-electron chi connectivity index (χ1n) is 7.79. The number of nitrogens with one attached hydrogen (secondary N) is 2. The predicted octanol–water partition coefficient (Wildman–Crippen LogP) is 2.57. The van der Waals surface area contributed by atoms with Gasteiger partial charge in [-0.1, -0.05) is 30.3 Å². The average molecular weight is 347 g/mol. The lowest BCUT2D eigenvalue weighted by molar-refractivity contribution is 0.886. The van der Waals surface area contributed by atoms with Crippen LogP contribution in [0.5, 0.6) is 0 Å². The molecule has 0 spiro atoms. The fourth-order valence-electron chi connectivity index (χ4n) is 2.28. The van der Waals surface area contributed by atoms with Gasteiger partial charge < -0.3 is 5.32 Å². The van der Waals surface area contributed by atoms with Gasteiger partial charge in [0.25, 0.3) is 0 Å². The molecule has 6 heteroatoms. The van der Waals surface area contributed by atoms with Gasteiger partial charge in [0.1, 0.15) is 5.69 Å². The number of hydrogen-bond acceptors (Lipinski definition) is 5. The summed E-state index contributed by atoms with van der Waals surface area (Å²) in [6, 6.07) is 13.6. The van der Waals surface area contributed by atoms with Crippen molar-refractivity contribution >= 4 is 26.0 Å². The summed E-state index contributed by atoms with van der Waals surface area (Å²) < 4.78 is 0. The summed E-state index contributed by atoms with van der Waals surface area (Å²) in [6.07, 6.45) is 8.36. The first-order valence-corrected chi connectivity index (χ1v) is 8.37. The van der Waals surface area contributed by atoms with E-state index >= 15 is 0 Å². The van der Waals surface area contributed by atoms with Crippen LogP contribution in [0.3, 0.4) is 0 Å². The van der Waals surface area contributed by atoms with E-state index in [0.29, 0.717) is 23.6 Å². The molecule has 0 aliphatic heterocycles. The number of allylic oxidation sites excluding steroid dienone is 1. The van der Waals surface area contributed by atoms with Gasteiger partial charge in [0.05, 0.1) is 23.3 Å². The van der Waals surface area contributed by atoms with Crippen molar-refractivity contribution in [2.75, 3.05) is 0 Å². The van der Waals surface area contributed by atoms with Crippen molar-refractivity contribution in [3.63, 3.8) is 0 Å². The van der Waals surface area contributed by atoms with Crippen molar-refractivity contribution in [2.45, 2.75) is 6.54 Å². The SMILES string of the molecule is N=C(/C=C(\NCc1ccccc1P)c1cnccn1)c1ccccn1. The van der Waals surface area contributed by atoms with Gasteiger partial charge in [0.15, 0.2) is 0 Å². The Hall–Kier alpha value is -2.91. The minimum absolute atomic E-state index is 0.313. The summed E-state index contributed by atoms with van der Waals surface area (Å²) in [7, 11) is 2.73. The van der Waals surface area contributed by atoms with Gasteiger partial charge in [0.2, 0.25) is 0 Å². The quantitative estimate of drug-likeness (QED) is 0.531. The van der Waals surface area contributed by atoms with Crippen LogP contribution in [0.1, 0.15) is 17.0 Å². The highest BCUT2D eigenvalue weighted by Crippen LogP contribution is 2.11. The highest BCUT2D eigenvalue weighted by atomic mass is 31.0. The molecule has 1 atom stereocenters. The summed E-state index contributed by atoms with van der Waals surface area (Å²) in [5.41, 5.74) is 3.50. The van der Waals surface area contributed by atoms with E-state index in [1.807, 2.05) is 36.4 Å². The fraction of sp³-hybridized carbons (Fsp3) is 0.0526. The third-order valence-electron chi connectivity index (χ3n) is 3.59. The molecule has 25 heavy (non-hydrogen) atoms. The van der Waals surface area contributed by atoms with Crippen LogP contribution in [0.15, 0.2) is 73.3 Å². The second-order valence-corrected chi connectivity index (χ2v) is 5.95. The minimum atomic E-state index is 0.313. The molecule has 1 aromatic carbocycles. The molecular weight excluding hydrogens is 329 g/mol. The molecule has 124 valence electrons. The van der Waals surface area contributed by atoms with Crippen LogP contribution < -0.4 is 10.6 Å². The largest absolute Gasteiger partial charge is 0.379 e. The Kier molecular flexibility index (Phi) is 5.60. The number of aromatic nitrogens is 3. The van der Waals surface area contributed by atoms with E-state index in [1.54, 1.807) is 30.9 Å². The summed E-state index contributed by atoms with van der Waals surface area (Å²) in [4.78, 5) is 12.7. The van der Waals surface area contributed by atoms with Crippen LogP contribution >= 0.6 is 9.24 Å². The maximum Gasteiger partial charge on any atom is 0.104 e. The second-order valence-electron chi connectivity index (χ2n) is 5.33. The minimum Gasteiger partial charge on any atom is -0.379 e. The van der Waals surface area contributed by atoms with Gasteiger partial charge in [-0.3, -0.25) is 20.4 Å². The number of pyridine rings is 1. The van der Waals surface area contributed by atoms with Crippen molar-refractivity contribution < 1.29 is 0 Å². The lowest BCUT2D eigenvalue weighted by atomic mass is 10.1. The van der Waals surface area contributed by atoms with Crippen LogP contribution in [0, 0.1) is 5.41 Å². The van der Waals surface area contributed by atoms with Crippen molar-refractivity contribution in [1.29, 1.82) is 5.41 Å². The fourth-order valence-corrected chi connectivity index (χ4v) is 2.59. The number of hydrogen-bond donors (Lipinski definition) is 2. The number of nitrogens with zero attached hydrogens (tertiary/aromatic N) is 3. The van der Waals surface area contributed by atoms with Crippen molar-refractivity contribution in [3.8, 4) is 0 Å². The van der Waals surface area contributed by atoms with Crippen LogP contribution in [0.25, 0.3) is 5.70 Å². The second kappa shape index (κ2) is 8.27. The monoisotopic (exact) mass is 347 g/mol. The zero-order chi connectivity index (χ0) is 17.5. The summed E-state index contributed by atoms with van der Waals surface area (Å²) in [5, 5.41) is 12.8. The maximum atomic E-state index is 8.30. The molecule has 0 bridgehead atoms. The third kappa shape index (κ3) is 4.55. The molecular formula is C19H18N5P. The Labute approximate surface area is 149 Å². The molecule has 3 aromatic rings. The first-order chi connectivity index (χ1) is 12.2. The molecule has 0 aliphatic carbocycles. The number of rotatable bonds is 6. The van der Waals surface area contributed by atoms with Crippen LogP contribution in [0.4, 0.5) is 0 Å². The lowest BCUT2D eigenvalue weighted by Crippen LogP contribution is -2.17. The zero-order valence-corrected chi connectivity index (χ0v) is 14.7. The van der Waals surface area contributed by atoms with Gasteiger partial charge in [0, 0.05) is 25.1 Å². The van der Waals surface area contributed by atoms with Gasteiger partial charge in [-0.2, -0.15) is 0 Å². The van der Waals surface area contributed by atoms with Crippen LogP contribution in [-0.2, 0) is 6.54 Å². The zero-order valence-electron chi connectivity index (χ0n) is 13.6. The Morgan fingerprint density at radius 1 is 1.00 bits per heavy atom. The molecule has 2 N–H and O–H groups in total. The van der Waals surface area contributed by atoms with Gasteiger partial charge >= 0.3 is 0 Å². The Morgan fingerprint density at radius 2 is 1.80 bits per heavy atom. The molecule has 0 amide bonds. The van der Waals surface area contributed by atoms with E-state index in [9.17, 15) is 0 Å². The van der Waals surface area contributed by atoms with Crippen molar-refractivity contribution in [1.82, 2.24) is 20.3 Å². The molecule has 0 radical (unpaired) electrons. The van der Waals surface area contributed by atoms with E-state index < -0.39 is 0 Å². The number of benzene rings is 1. The highest BCUT2D eigenvalue weighted by Gasteiger charge is 2.07. The molecule has 1 unspecified atom stereocenters. The normalized spacial score (nSPS) is 11.2. The molecule has 0 fully saturated rings. The smallest absolute Gasteiger partial charge is 0.104 e. The Morgan fingerprint density at radius 3 is 2.52 bits per heavy atom. The van der Waals surface area contributed by atoms with E-state index in [2.05, 4.69) is 35.6 Å². The third-order valence-corrected chi connectivity index (χ3v) is 4.16. The van der Waals surface area contributed by atoms with Gasteiger partial charge in [-0.25, -0.2) is 0 Å². The molecule has 2 heterocycles. The van der Waals surface area contributed by atoms with Crippen molar-refractivity contribution in [3.05, 3.63) is 90.3 Å². The topological polar surface area (TPSA) is 74.6 Å².